The van der Waals surface area contributed by atoms with Gasteiger partial charge < -0.3 is 21.5 Å². The molecule has 1 saturated heterocycles. The zero-order valence-electron chi connectivity index (χ0n) is 12.8. The van der Waals surface area contributed by atoms with E-state index in [2.05, 4.69) is 4.90 Å². The van der Waals surface area contributed by atoms with Gasteiger partial charge in [0.1, 0.15) is 5.82 Å². The van der Waals surface area contributed by atoms with E-state index in [9.17, 15) is 9.50 Å². The van der Waals surface area contributed by atoms with Crippen LogP contribution in [0.3, 0.4) is 0 Å². The van der Waals surface area contributed by atoms with Crippen molar-refractivity contribution in [2.45, 2.75) is 18.9 Å². The first kappa shape index (κ1) is 16.1. The van der Waals surface area contributed by atoms with Crippen LogP contribution < -0.4 is 16.4 Å². The van der Waals surface area contributed by atoms with Gasteiger partial charge in [0.25, 0.3) is 0 Å². The normalized spacial score (nSPS) is 22.2. The van der Waals surface area contributed by atoms with Crippen LogP contribution in [-0.2, 0) is 0 Å². The quantitative estimate of drug-likeness (QED) is 0.737. The lowest BCUT2D eigenvalue weighted by molar-refractivity contribution is -0.0362. The largest absolute Gasteiger partial charge is 0.405 e. The predicted molar refractivity (Wildman–Crippen MR) is 90.4 cm³/mol. The molecule has 1 aliphatic carbocycles. The number of allylic oxidation sites excluding steroid dienone is 2. The van der Waals surface area contributed by atoms with Crippen LogP contribution in [0.15, 0.2) is 42.2 Å². The Bertz CT molecular complexity index is 647. The highest BCUT2D eigenvalue weighted by Gasteiger charge is 2.54. The lowest BCUT2D eigenvalue weighted by atomic mass is 9.56. The molecule has 6 heteroatoms. The van der Waals surface area contributed by atoms with E-state index in [0.717, 1.165) is 31.6 Å². The summed E-state index contributed by atoms with van der Waals surface area (Å²) in [5.41, 5.74) is 12.8. The van der Waals surface area contributed by atoms with Gasteiger partial charge in [0.05, 0.1) is 11.1 Å². The van der Waals surface area contributed by atoms with Crippen molar-refractivity contribution in [2.24, 2.45) is 22.8 Å². The van der Waals surface area contributed by atoms with Gasteiger partial charge in [0, 0.05) is 29.9 Å². The van der Waals surface area contributed by atoms with Crippen molar-refractivity contribution in [3.05, 3.63) is 53.1 Å². The Balaban J connectivity index is 1.54. The molecule has 0 amide bonds. The van der Waals surface area contributed by atoms with Crippen molar-refractivity contribution >= 4 is 17.3 Å². The molecule has 0 aromatic heterocycles. The first-order valence-corrected chi connectivity index (χ1v) is 8.04. The van der Waals surface area contributed by atoms with E-state index < -0.39 is 11.9 Å². The van der Waals surface area contributed by atoms with Crippen molar-refractivity contribution in [1.82, 2.24) is 0 Å². The number of nitrogens with two attached hydrogens (primary N) is 2. The topological polar surface area (TPSA) is 75.5 Å². The molecule has 1 aromatic carbocycles. The van der Waals surface area contributed by atoms with Crippen LogP contribution >= 0.6 is 11.6 Å². The molecule has 1 spiro atoms. The van der Waals surface area contributed by atoms with Gasteiger partial charge in [-0.25, -0.2) is 4.39 Å². The molecule has 1 unspecified atom stereocenters. The third-order valence-electron chi connectivity index (χ3n) is 4.90. The number of rotatable bonds is 4. The number of hydrogen-bond acceptors (Lipinski definition) is 4. The second kappa shape index (κ2) is 6.06. The van der Waals surface area contributed by atoms with Gasteiger partial charge in [0.15, 0.2) is 0 Å². The van der Waals surface area contributed by atoms with E-state index in [1.54, 1.807) is 24.3 Å². The summed E-state index contributed by atoms with van der Waals surface area (Å²) in [7, 11) is 0. The highest BCUT2D eigenvalue weighted by atomic mass is 35.5. The molecule has 2 aliphatic rings. The van der Waals surface area contributed by atoms with Gasteiger partial charge in [0.2, 0.25) is 0 Å². The number of aliphatic hydroxyl groups is 1. The fourth-order valence-electron chi connectivity index (χ4n) is 3.70. The average Bonchev–Trinajstić information content (AvgIpc) is 2.45. The monoisotopic (exact) mass is 337 g/mol. The summed E-state index contributed by atoms with van der Waals surface area (Å²) in [6.45, 7) is 1.81. The van der Waals surface area contributed by atoms with Gasteiger partial charge in [-0.05, 0) is 55.3 Å². The number of halogens is 2. The molecule has 1 saturated carbocycles. The van der Waals surface area contributed by atoms with E-state index in [0.29, 0.717) is 5.70 Å². The molecular formula is C17H21ClFN3O. The van der Waals surface area contributed by atoms with Crippen LogP contribution in [0.4, 0.5) is 10.1 Å². The van der Waals surface area contributed by atoms with E-state index in [4.69, 9.17) is 23.1 Å². The summed E-state index contributed by atoms with van der Waals surface area (Å²) in [5.74, 6) is -0.206. The maximum absolute atomic E-state index is 13.2. The van der Waals surface area contributed by atoms with E-state index in [1.165, 1.54) is 12.3 Å². The number of benzene rings is 1. The minimum Gasteiger partial charge on any atom is -0.405 e. The van der Waals surface area contributed by atoms with Crippen molar-refractivity contribution in [3.8, 4) is 0 Å². The predicted octanol–water partition coefficient (Wildman–Crippen LogP) is 2.37. The van der Waals surface area contributed by atoms with E-state index >= 15 is 0 Å². The Morgan fingerprint density at radius 1 is 1.43 bits per heavy atom. The van der Waals surface area contributed by atoms with Crippen molar-refractivity contribution in [2.75, 3.05) is 18.0 Å². The highest BCUT2D eigenvalue weighted by molar-refractivity contribution is 6.31. The lowest BCUT2D eigenvalue weighted by Gasteiger charge is -2.60. The Kier molecular flexibility index (Phi) is 4.25. The Labute approximate surface area is 140 Å². The first-order chi connectivity index (χ1) is 10.9. The van der Waals surface area contributed by atoms with Crippen molar-refractivity contribution in [3.63, 3.8) is 0 Å². The fraction of sp³-hybridized carbons (Fsp3) is 0.412. The van der Waals surface area contributed by atoms with Gasteiger partial charge in [-0.3, -0.25) is 0 Å². The zero-order chi connectivity index (χ0) is 16.6. The number of hydrogen-bond donors (Lipinski definition) is 3. The van der Waals surface area contributed by atoms with Crippen LogP contribution in [0.1, 0.15) is 12.8 Å². The van der Waals surface area contributed by atoms with Crippen molar-refractivity contribution < 1.29 is 9.50 Å². The highest BCUT2D eigenvalue weighted by Crippen LogP contribution is 2.54. The maximum Gasteiger partial charge on any atom is 0.141 e. The minimum atomic E-state index is -0.619. The molecule has 124 valence electrons. The fourth-order valence-corrected chi connectivity index (χ4v) is 3.87. The molecule has 23 heavy (non-hydrogen) atoms. The molecule has 5 N–H and O–H groups in total. The molecular weight excluding hydrogens is 317 g/mol. The third-order valence-corrected chi connectivity index (χ3v) is 5.19. The standard InChI is InChI=1S/C17H21ClFN3O/c18-13-6-12(3-4-14(13)19)22-9-17(10-22)7-11(8-17)16(23)15(21)2-1-5-20/h1-6,11,16,23H,7-10,20-21H2/b5-1-,15-2-. The minimum absolute atomic E-state index is 0.149. The molecule has 2 fully saturated rings. The second-order valence-electron chi connectivity index (χ2n) is 6.62. The lowest BCUT2D eigenvalue weighted by Crippen LogP contribution is -2.64. The molecule has 0 radical (unpaired) electrons. The number of anilines is 1. The molecule has 1 aromatic rings. The molecule has 1 heterocycles. The summed E-state index contributed by atoms with van der Waals surface area (Å²) in [5, 5.41) is 10.4. The van der Waals surface area contributed by atoms with Crippen LogP contribution in [0, 0.1) is 17.2 Å². The first-order valence-electron chi connectivity index (χ1n) is 7.66. The molecule has 1 aliphatic heterocycles. The summed E-state index contributed by atoms with van der Waals surface area (Å²) >= 11 is 5.83. The van der Waals surface area contributed by atoms with Crippen LogP contribution in [-0.4, -0.2) is 24.3 Å². The molecule has 3 rings (SSSR count). The van der Waals surface area contributed by atoms with Gasteiger partial charge >= 0.3 is 0 Å². The summed E-state index contributed by atoms with van der Waals surface area (Å²) < 4.78 is 13.2. The number of nitrogens with zero attached hydrogens (tertiary/aromatic N) is 1. The van der Waals surface area contributed by atoms with Crippen LogP contribution in [0.2, 0.25) is 5.02 Å². The second-order valence-corrected chi connectivity index (χ2v) is 7.03. The third kappa shape index (κ3) is 3.03. The Morgan fingerprint density at radius 2 is 2.13 bits per heavy atom. The van der Waals surface area contributed by atoms with Gasteiger partial charge in [-0.1, -0.05) is 11.6 Å². The Hall–Kier alpha value is -1.72. The number of aliphatic hydroxyl groups excluding tert-OH is 1. The zero-order valence-corrected chi connectivity index (χ0v) is 13.5. The Morgan fingerprint density at radius 3 is 2.74 bits per heavy atom. The summed E-state index contributed by atoms with van der Waals surface area (Å²) in [4.78, 5) is 2.18. The van der Waals surface area contributed by atoms with Gasteiger partial charge in [-0.2, -0.15) is 0 Å². The molecule has 0 bridgehead atoms. The van der Waals surface area contributed by atoms with E-state index in [1.807, 2.05) is 0 Å². The SMILES string of the molecule is N/C=C\C=C(/N)C(O)C1CC2(C1)CN(c1ccc(F)c(Cl)c1)C2. The smallest absolute Gasteiger partial charge is 0.141 e. The summed E-state index contributed by atoms with van der Waals surface area (Å²) in [6, 6.07) is 4.81. The van der Waals surface area contributed by atoms with Crippen LogP contribution in [0.25, 0.3) is 0 Å². The van der Waals surface area contributed by atoms with Crippen LogP contribution in [0.5, 0.6) is 0 Å². The summed E-state index contributed by atoms with van der Waals surface area (Å²) in [6.07, 6.45) is 5.92. The van der Waals surface area contributed by atoms with Gasteiger partial charge in [-0.15, -0.1) is 0 Å². The molecule has 4 nitrogen and oxygen atoms in total. The average molecular weight is 338 g/mol. The van der Waals surface area contributed by atoms with E-state index in [-0.39, 0.29) is 16.4 Å². The van der Waals surface area contributed by atoms with Crippen molar-refractivity contribution in [1.29, 1.82) is 0 Å². The molecule has 1 atom stereocenters. The maximum atomic E-state index is 13.2.